The van der Waals surface area contributed by atoms with Gasteiger partial charge in [-0.25, -0.2) is 4.98 Å². The summed E-state index contributed by atoms with van der Waals surface area (Å²) in [6.45, 7) is 3.72. The van der Waals surface area contributed by atoms with Crippen molar-refractivity contribution in [2.45, 2.75) is 6.92 Å². The number of nitrogens with one attached hydrogen (secondary N) is 2. The van der Waals surface area contributed by atoms with E-state index in [0.717, 1.165) is 23.3 Å². The van der Waals surface area contributed by atoms with Crippen LogP contribution in [0.15, 0.2) is 18.2 Å². The van der Waals surface area contributed by atoms with E-state index >= 15 is 0 Å². The lowest BCUT2D eigenvalue weighted by Crippen LogP contribution is -2.27. The summed E-state index contributed by atoms with van der Waals surface area (Å²) in [5.41, 5.74) is 0.863. The van der Waals surface area contributed by atoms with Crippen molar-refractivity contribution in [3.05, 3.63) is 23.2 Å². The zero-order chi connectivity index (χ0) is 13.4. The molecule has 2 N–H and O–H groups in total. The van der Waals surface area contributed by atoms with Gasteiger partial charge in [0.15, 0.2) is 5.13 Å². The van der Waals surface area contributed by atoms with E-state index in [9.17, 15) is 4.79 Å². The Morgan fingerprint density at radius 3 is 3.11 bits per heavy atom. The zero-order valence-electron chi connectivity index (χ0n) is 10.4. The monoisotopic (exact) mass is 295 g/mol. The van der Waals surface area contributed by atoms with E-state index in [-0.39, 0.29) is 11.8 Å². The number of anilines is 1. The summed E-state index contributed by atoms with van der Waals surface area (Å²) in [6.07, 6.45) is 0. The molecule has 0 saturated carbocycles. The molecule has 1 fully saturated rings. The number of rotatable bonds is 2. The maximum absolute atomic E-state index is 12.2. The van der Waals surface area contributed by atoms with Gasteiger partial charge < -0.3 is 10.6 Å². The van der Waals surface area contributed by atoms with E-state index in [0.29, 0.717) is 16.1 Å². The molecule has 6 heteroatoms. The van der Waals surface area contributed by atoms with Crippen molar-refractivity contribution >= 4 is 44.2 Å². The maximum atomic E-state index is 12.2. The van der Waals surface area contributed by atoms with Crippen LogP contribution in [0.5, 0.6) is 0 Å². The van der Waals surface area contributed by atoms with E-state index in [1.165, 1.54) is 11.3 Å². The number of hydrogen-bond donors (Lipinski definition) is 2. The summed E-state index contributed by atoms with van der Waals surface area (Å²) in [6, 6.07) is 5.53. The van der Waals surface area contributed by atoms with Crippen LogP contribution in [0.4, 0.5) is 5.13 Å². The number of fused-ring (bicyclic) bond motifs is 1. The van der Waals surface area contributed by atoms with Gasteiger partial charge in [0.25, 0.3) is 0 Å². The molecule has 3 rings (SSSR count). The fourth-order valence-electron chi connectivity index (χ4n) is 2.31. The second-order valence-corrected chi connectivity index (χ2v) is 6.33. The zero-order valence-corrected chi connectivity index (χ0v) is 12.0. The highest BCUT2D eigenvalue weighted by Gasteiger charge is 2.29. The van der Waals surface area contributed by atoms with Crippen LogP contribution in [0.1, 0.15) is 6.92 Å². The molecule has 1 aromatic heterocycles. The molecule has 1 amide bonds. The molecule has 0 radical (unpaired) electrons. The topological polar surface area (TPSA) is 54.0 Å². The van der Waals surface area contributed by atoms with Crippen LogP contribution >= 0.6 is 22.9 Å². The van der Waals surface area contributed by atoms with Gasteiger partial charge in [-0.15, -0.1) is 0 Å². The minimum atomic E-state index is 0.0237. The van der Waals surface area contributed by atoms with Crippen LogP contribution in [0.2, 0.25) is 5.02 Å². The molecule has 1 aromatic carbocycles. The van der Waals surface area contributed by atoms with Gasteiger partial charge >= 0.3 is 0 Å². The number of amides is 1. The van der Waals surface area contributed by atoms with Gasteiger partial charge in [0, 0.05) is 11.6 Å². The van der Waals surface area contributed by atoms with Gasteiger partial charge in [0.1, 0.15) is 0 Å². The third-order valence-corrected chi connectivity index (χ3v) is 4.60. The van der Waals surface area contributed by atoms with Gasteiger partial charge in [-0.2, -0.15) is 0 Å². The molecule has 100 valence electrons. The second-order valence-electron chi connectivity index (χ2n) is 4.86. The summed E-state index contributed by atoms with van der Waals surface area (Å²) in [5.74, 6) is 0.432. The van der Waals surface area contributed by atoms with Crippen LogP contribution in [0.25, 0.3) is 10.2 Å². The fraction of sp³-hybridized carbons (Fsp3) is 0.385. The fourth-order valence-corrected chi connectivity index (χ4v) is 3.46. The Morgan fingerprint density at radius 2 is 2.37 bits per heavy atom. The quantitative estimate of drug-likeness (QED) is 0.896. The standard InChI is InChI=1S/C13H14ClN3OS/c1-7-5-15-6-9(7)12(18)17-13-16-10-3-2-8(14)4-11(10)19-13/h2-4,7,9,15H,5-6H2,1H3,(H,16,17,18). The van der Waals surface area contributed by atoms with Crippen molar-refractivity contribution < 1.29 is 4.79 Å². The van der Waals surface area contributed by atoms with Crippen molar-refractivity contribution in [2.24, 2.45) is 11.8 Å². The van der Waals surface area contributed by atoms with Crippen LogP contribution < -0.4 is 10.6 Å². The minimum absolute atomic E-state index is 0.0237. The third-order valence-electron chi connectivity index (χ3n) is 3.43. The molecule has 0 aliphatic carbocycles. The van der Waals surface area contributed by atoms with Crippen molar-refractivity contribution in [3.63, 3.8) is 0 Å². The number of aromatic nitrogens is 1. The first kappa shape index (κ1) is 12.8. The van der Waals surface area contributed by atoms with E-state index in [1.807, 2.05) is 12.1 Å². The van der Waals surface area contributed by atoms with E-state index in [1.54, 1.807) is 6.07 Å². The number of thiazole rings is 1. The largest absolute Gasteiger partial charge is 0.316 e. The highest BCUT2D eigenvalue weighted by Crippen LogP contribution is 2.29. The number of benzene rings is 1. The number of hydrogen-bond acceptors (Lipinski definition) is 4. The van der Waals surface area contributed by atoms with Crippen molar-refractivity contribution in [3.8, 4) is 0 Å². The lowest BCUT2D eigenvalue weighted by molar-refractivity contribution is -0.120. The SMILES string of the molecule is CC1CNCC1C(=O)Nc1nc2ccc(Cl)cc2s1. The average molecular weight is 296 g/mol. The lowest BCUT2D eigenvalue weighted by Gasteiger charge is -2.12. The first-order valence-corrected chi connectivity index (χ1v) is 7.40. The predicted molar refractivity (Wildman–Crippen MR) is 78.8 cm³/mol. The Labute approximate surface area is 120 Å². The Morgan fingerprint density at radius 1 is 1.53 bits per heavy atom. The molecule has 0 spiro atoms. The average Bonchev–Trinajstić information content (AvgIpc) is 2.94. The van der Waals surface area contributed by atoms with Gasteiger partial charge in [0.05, 0.1) is 16.1 Å². The van der Waals surface area contributed by atoms with E-state index in [2.05, 4.69) is 22.5 Å². The van der Waals surface area contributed by atoms with Crippen LogP contribution in [-0.4, -0.2) is 24.0 Å². The lowest BCUT2D eigenvalue weighted by atomic mass is 9.97. The van der Waals surface area contributed by atoms with Crippen molar-refractivity contribution in [2.75, 3.05) is 18.4 Å². The van der Waals surface area contributed by atoms with E-state index < -0.39 is 0 Å². The van der Waals surface area contributed by atoms with Gasteiger partial charge in [-0.3, -0.25) is 4.79 Å². The third kappa shape index (κ3) is 2.59. The number of carbonyl (C=O) groups is 1. The minimum Gasteiger partial charge on any atom is -0.316 e. The smallest absolute Gasteiger partial charge is 0.230 e. The molecule has 1 aliphatic rings. The van der Waals surface area contributed by atoms with Crippen LogP contribution in [0.3, 0.4) is 0 Å². The van der Waals surface area contributed by atoms with Gasteiger partial charge in [-0.05, 0) is 30.7 Å². The summed E-state index contributed by atoms with van der Waals surface area (Å²) < 4.78 is 0.986. The highest BCUT2D eigenvalue weighted by molar-refractivity contribution is 7.22. The maximum Gasteiger partial charge on any atom is 0.230 e. The second kappa shape index (κ2) is 5.07. The first-order valence-electron chi connectivity index (χ1n) is 6.21. The molecule has 2 atom stereocenters. The predicted octanol–water partition coefficient (Wildman–Crippen LogP) is 2.74. The summed E-state index contributed by atoms with van der Waals surface area (Å²) >= 11 is 7.39. The molecule has 1 saturated heterocycles. The number of nitrogens with zero attached hydrogens (tertiary/aromatic N) is 1. The van der Waals surface area contributed by atoms with Gasteiger partial charge in [-0.1, -0.05) is 29.9 Å². The van der Waals surface area contributed by atoms with Crippen LogP contribution in [-0.2, 0) is 4.79 Å². The molecular weight excluding hydrogens is 282 g/mol. The Balaban J connectivity index is 1.79. The number of halogens is 1. The summed E-state index contributed by atoms with van der Waals surface area (Å²) in [4.78, 5) is 16.6. The normalized spacial score (nSPS) is 22.8. The van der Waals surface area contributed by atoms with Crippen LogP contribution in [0, 0.1) is 11.8 Å². The molecule has 0 bridgehead atoms. The first-order chi connectivity index (χ1) is 9.13. The molecular formula is C13H14ClN3OS. The van der Waals surface area contributed by atoms with Crippen molar-refractivity contribution in [1.82, 2.24) is 10.3 Å². The van der Waals surface area contributed by atoms with E-state index in [4.69, 9.17) is 11.6 Å². The molecule has 1 aliphatic heterocycles. The molecule has 2 aromatic rings. The summed E-state index contributed by atoms with van der Waals surface area (Å²) in [7, 11) is 0. The Kier molecular flexibility index (Phi) is 3.43. The molecule has 2 heterocycles. The van der Waals surface area contributed by atoms with Gasteiger partial charge in [0.2, 0.25) is 5.91 Å². The Hall–Kier alpha value is -1.17. The molecule has 19 heavy (non-hydrogen) atoms. The Bertz CT molecular complexity index is 627. The highest BCUT2D eigenvalue weighted by atomic mass is 35.5. The molecule has 2 unspecified atom stereocenters. The molecule has 4 nitrogen and oxygen atoms in total. The summed E-state index contributed by atoms with van der Waals surface area (Å²) in [5, 5.41) is 7.46. The van der Waals surface area contributed by atoms with Crippen molar-refractivity contribution in [1.29, 1.82) is 0 Å². The number of carbonyl (C=O) groups excluding carboxylic acids is 1.